The second-order valence-electron chi connectivity index (χ2n) is 3.85. The molecule has 0 spiro atoms. The van der Waals surface area contributed by atoms with Crippen LogP contribution >= 0.6 is 11.6 Å². The van der Waals surface area contributed by atoms with Gasteiger partial charge in [-0.3, -0.25) is 0 Å². The van der Waals surface area contributed by atoms with E-state index in [9.17, 15) is 21.2 Å². The maximum absolute atomic E-state index is 13.5. The van der Waals surface area contributed by atoms with Gasteiger partial charge in [-0.2, -0.15) is 0 Å². The van der Waals surface area contributed by atoms with E-state index in [1.807, 2.05) is 0 Å². The normalized spacial score (nSPS) is 12.9. The second-order valence-corrected chi connectivity index (χ2v) is 8.15. The van der Waals surface area contributed by atoms with E-state index < -0.39 is 36.0 Å². The molecule has 0 aromatic heterocycles. The van der Waals surface area contributed by atoms with E-state index in [-0.39, 0.29) is 5.02 Å². The number of hydrazine groups is 1. The van der Waals surface area contributed by atoms with Gasteiger partial charge in [-0.15, -0.1) is 9.66 Å². The predicted molar refractivity (Wildman–Crippen MR) is 68.9 cm³/mol. The lowest BCUT2D eigenvalue weighted by atomic mass is 10.3. The lowest BCUT2D eigenvalue weighted by Crippen LogP contribution is -2.44. The first-order valence-corrected chi connectivity index (χ1v) is 8.45. The van der Waals surface area contributed by atoms with Crippen LogP contribution in [0.4, 0.5) is 4.39 Å². The third kappa shape index (κ3) is 3.86. The van der Waals surface area contributed by atoms with E-state index in [4.69, 9.17) is 11.6 Å². The Bertz CT molecular complexity index is 673. The highest BCUT2D eigenvalue weighted by atomic mass is 35.5. The number of nitrogens with one attached hydrogen (secondary N) is 2. The predicted octanol–water partition coefficient (Wildman–Crippen LogP) is 1.00. The van der Waals surface area contributed by atoms with Gasteiger partial charge >= 0.3 is 0 Å². The molecule has 10 heteroatoms. The molecule has 19 heavy (non-hydrogen) atoms. The van der Waals surface area contributed by atoms with E-state index >= 15 is 0 Å². The highest BCUT2D eigenvalue weighted by Gasteiger charge is 2.24. The van der Waals surface area contributed by atoms with E-state index in [0.29, 0.717) is 0 Å². The van der Waals surface area contributed by atoms with Crippen molar-refractivity contribution in [1.29, 1.82) is 0 Å². The zero-order chi connectivity index (χ0) is 14.8. The van der Waals surface area contributed by atoms with Crippen molar-refractivity contribution in [3.63, 3.8) is 0 Å². The van der Waals surface area contributed by atoms with Crippen molar-refractivity contribution < 1.29 is 21.2 Å². The Balaban J connectivity index is 3.04. The minimum absolute atomic E-state index is 0.380. The number of hydrogen-bond acceptors (Lipinski definition) is 4. The Morgan fingerprint density at radius 1 is 1.16 bits per heavy atom. The summed E-state index contributed by atoms with van der Waals surface area (Å²) in [5, 5.41) is -1.23. The molecule has 2 N–H and O–H groups in total. The van der Waals surface area contributed by atoms with Crippen LogP contribution in [0.5, 0.6) is 0 Å². The molecule has 1 rings (SSSR count). The number of rotatable bonds is 5. The van der Waals surface area contributed by atoms with Crippen LogP contribution < -0.4 is 9.66 Å². The fourth-order valence-electron chi connectivity index (χ4n) is 0.977. The van der Waals surface area contributed by atoms with Crippen LogP contribution in [-0.2, 0) is 20.0 Å². The second kappa shape index (κ2) is 5.71. The molecule has 1 aromatic rings. The third-order valence-corrected chi connectivity index (χ3v) is 5.46. The van der Waals surface area contributed by atoms with Crippen molar-refractivity contribution in [3.05, 3.63) is 29.0 Å². The van der Waals surface area contributed by atoms with Crippen molar-refractivity contribution in [3.8, 4) is 0 Å². The third-order valence-electron chi connectivity index (χ3n) is 2.14. The Hall–Kier alpha value is -0.740. The minimum Gasteiger partial charge on any atom is -0.211 e. The highest BCUT2D eigenvalue weighted by Crippen LogP contribution is 2.21. The topological polar surface area (TPSA) is 92.3 Å². The van der Waals surface area contributed by atoms with Gasteiger partial charge in [0.1, 0.15) is 4.90 Å². The molecule has 0 amide bonds. The maximum atomic E-state index is 13.5. The Morgan fingerprint density at radius 2 is 1.74 bits per heavy atom. The van der Waals surface area contributed by atoms with Gasteiger partial charge in [-0.25, -0.2) is 21.2 Å². The van der Waals surface area contributed by atoms with Gasteiger partial charge in [-0.05, 0) is 26.0 Å². The summed E-state index contributed by atoms with van der Waals surface area (Å²) in [5.41, 5.74) is 0. The maximum Gasteiger partial charge on any atom is 0.257 e. The van der Waals surface area contributed by atoms with Gasteiger partial charge in [0.25, 0.3) is 10.0 Å². The summed E-state index contributed by atoms with van der Waals surface area (Å²) in [6, 6.07) is 3.37. The highest BCUT2D eigenvalue weighted by molar-refractivity contribution is 7.92. The van der Waals surface area contributed by atoms with Crippen LogP contribution in [0.25, 0.3) is 0 Å². The van der Waals surface area contributed by atoms with Gasteiger partial charge in [0.2, 0.25) is 10.0 Å². The smallest absolute Gasteiger partial charge is 0.211 e. The first-order chi connectivity index (χ1) is 8.58. The van der Waals surface area contributed by atoms with Gasteiger partial charge in [0, 0.05) is 0 Å². The average molecular weight is 331 g/mol. The van der Waals surface area contributed by atoms with Crippen LogP contribution in [0, 0.1) is 5.82 Å². The Kier molecular flexibility index (Phi) is 4.91. The van der Waals surface area contributed by atoms with Gasteiger partial charge in [0.15, 0.2) is 5.82 Å². The fourth-order valence-corrected chi connectivity index (χ4v) is 3.06. The van der Waals surface area contributed by atoms with Crippen LogP contribution in [0.15, 0.2) is 23.1 Å². The minimum atomic E-state index is -4.38. The number of benzene rings is 1. The van der Waals surface area contributed by atoms with Gasteiger partial charge < -0.3 is 0 Å². The molecular formula is C9H12ClFN2O4S2. The van der Waals surface area contributed by atoms with Crippen molar-refractivity contribution in [2.75, 3.05) is 0 Å². The zero-order valence-corrected chi connectivity index (χ0v) is 12.4. The number of sulfonamides is 2. The van der Waals surface area contributed by atoms with E-state index in [1.165, 1.54) is 26.0 Å². The first-order valence-electron chi connectivity index (χ1n) is 5.04. The van der Waals surface area contributed by atoms with Crippen LogP contribution in [-0.4, -0.2) is 22.1 Å². The van der Waals surface area contributed by atoms with E-state index in [1.54, 1.807) is 9.66 Å². The van der Waals surface area contributed by atoms with E-state index in [2.05, 4.69) is 0 Å². The molecule has 6 nitrogen and oxygen atoms in total. The molecular weight excluding hydrogens is 319 g/mol. The molecule has 1 aromatic carbocycles. The molecule has 0 fully saturated rings. The molecule has 108 valence electrons. The van der Waals surface area contributed by atoms with Crippen LogP contribution in [0.2, 0.25) is 5.02 Å². The summed E-state index contributed by atoms with van der Waals surface area (Å²) in [7, 11) is -8.24. The summed E-state index contributed by atoms with van der Waals surface area (Å²) < 4.78 is 59.8. The number of hydrogen-bond donors (Lipinski definition) is 2. The molecule has 0 heterocycles. The molecule has 0 aliphatic rings. The summed E-state index contributed by atoms with van der Waals surface area (Å²) in [6.07, 6.45) is 0. The Labute approximate surface area is 116 Å². The molecule has 0 saturated heterocycles. The number of halogens is 2. The molecule has 0 aliphatic carbocycles. The quantitative estimate of drug-likeness (QED) is 0.788. The lowest BCUT2D eigenvalue weighted by Gasteiger charge is -2.11. The van der Waals surface area contributed by atoms with Crippen molar-refractivity contribution in [1.82, 2.24) is 9.66 Å². The SMILES string of the molecule is CC(C)S(=O)(=O)NNS(=O)(=O)c1cccc(Cl)c1F. The molecule has 0 unspecified atom stereocenters. The Morgan fingerprint density at radius 3 is 2.26 bits per heavy atom. The molecule has 0 aliphatic heterocycles. The monoisotopic (exact) mass is 330 g/mol. The fraction of sp³-hybridized carbons (Fsp3) is 0.333. The van der Waals surface area contributed by atoms with Crippen molar-refractivity contribution >= 4 is 31.6 Å². The van der Waals surface area contributed by atoms with Crippen molar-refractivity contribution in [2.24, 2.45) is 0 Å². The van der Waals surface area contributed by atoms with Gasteiger partial charge in [-0.1, -0.05) is 17.7 Å². The average Bonchev–Trinajstić information content (AvgIpc) is 2.30. The molecule has 0 radical (unpaired) electrons. The van der Waals surface area contributed by atoms with Gasteiger partial charge in [0.05, 0.1) is 10.3 Å². The standard InChI is InChI=1S/C9H12ClFN2O4S2/c1-6(2)18(14,15)12-13-19(16,17)8-5-3-4-7(10)9(8)11/h3-6,12-13H,1-2H3. The van der Waals surface area contributed by atoms with E-state index in [0.717, 1.165) is 6.07 Å². The first kappa shape index (κ1) is 16.3. The molecule has 0 saturated carbocycles. The molecule has 0 atom stereocenters. The summed E-state index contributed by atoms with van der Waals surface area (Å²) in [6.45, 7) is 2.72. The lowest BCUT2D eigenvalue weighted by molar-refractivity contribution is 0.542. The summed E-state index contributed by atoms with van der Waals surface area (Å²) in [5.74, 6) is -1.15. The summed E-state index contributed by atoms with van der Waals surface area (Å²) in [4.78, 5) is 2.52. The molecule has 0 bridgehead atoms. The summed E-state index contributed by atoms with van der Waals surface area (Å²) >= 11 is 5.45. The largest absolute Gasteiger partial charge is 0.257 e. The van der Waals surface area contributed by atoms with Crippen LogP contribution in [0.3, 0.4) is 0 Å². The van der Waals surface area contributed by atoms with Crippen LogP contribution in [0.1, 0.15) is 13.8 Å². The zero-order valence-electron chi connectivity index (χ0n) is 10.0. The van der Waals surface area contributed by atoms with Crippen molar-refractivity contribution in [2.45, 2.75) is 24.0 Å².